The number of carbonyl (C=O) groups excluding carboxylic acids is 1. The highest BCUT2D eigenvalue weighted by atomic mass is 35.5. The van der Waals surface area contributed by atoms with Crippen LogP contribution in [-0.4, -0.2) is 58.4 Å². The molecule has 2 N–H and O–H groups in total. The average molecular weight is 237 g/mol. The van der Waals surface area contributed by atoms with Crippen molar-refractivity contribution in [3.8, 4) is 0 Å². The Bertz CT molecular complexity index is 235. The molecule has 0 aromatic heterocycles. The highest BCUT2D eigenvalue weighted by Crippen LogP contribution is 2.12. The van der Waals surface area contributed by atoms with Crippen molar-refractivity contribution in [2.45, 2.75) is 13.0 Å². The van der Waals surface area contributed by atoms with Gasteiger partial charge in [0.1, 0.15) is 0 Å². The van der Waals surface area contributed by atoms with Crippen LogP contribution in [0.15, 0.2) is 12.3 Å². The quantitative estimate of drug-likeness (QED) is 0.724. The first-order chi connectivity index (χ1) is 6.70. The minimum atomic E-state index is -0.164. The van der Waals surface area contributed by atoms with Gasteiger partial charge in [0.2, 0.25) is 0 Å². The van der Waals surface area contributed by atoms with Crippen LogP contribution in [0.4, 0.5) is 4.79 Å². The van der Waals surface area contributed by atoms with E-state index in [4.69, 9.17) is 10.2 Å². The SMILES string of the molecule is CC1C=CN(CCO)C(=O)N1CCO.Cl. The summed E-state index contributed by atoms with van der Waals surface area (Å²) in [7, 11) is 0. The summed E-state index contributed by atoms with van der Waals surface area (Å²) >= 11 is 0. The second kappa shape index (κ2) is 6.66. The van der Waals surface area contributed by atoms with Gasteiger partial charge in [0.05, 0.1) is 25.8 Å². The van der Waals surface area contributed by atoms with Crippen LogP contribution in [0.5, 0.6) is 0 Å². The van der Waals surface area contributed by atoms with Crippen molar-refractivity contribution in [2.75, 3.05) is 26.3 Å². The molecule has 1 aliphatic rings. The van der Waals surface area contributed by atoms with Crippen LogP contribution in [-0.2, 0) is 0 Å². The highest BCUT2D eigenvalue weighted by Gasteiger charge is 2.25. The van der Waals surface area contributed by atoms with E-state index in [2.05, 4.69) is 0 Å². The predicted molar refractivity (Wildman–Crippen MR) is 58.8 cm³/mol. The van der Waals surface area contributed by atoms with Gasteiger partial charge in [0.15, 0.2) is 0 Å². The minimum absolute atomic E-state index is 0. The summed E-state index contributed by atoms with van der Waals surface area (Å²) in [5.74, 6) is 0. The summed E-state index contributed by atoms with van der Waals surface area (Å²) in [4.78, 5) is 14.7. The summed E-state index contributed by atoms with van der Waals surface area (Å²) in [6.07, 6.45) is 3.55. The van der Waals surface area contributed by atoms with Crippen molar-refractivity contribution >= 4 is 18.4 Å². The van der Waals surface area contributed by atoms with E-state index < -0.39 is 0 Å². The molecule has 1 heterocycles. The predicted octanol–water partition coefficient (Wildman–Crippen LogP) is 0.0326. The molecule has 1 atom stereocenters. The Balaban J connectivity index is 0.00000196. The molecule has 2 amide bonds. The number of amides is 2. The molecule has 0 bridgehead atoms. The average Bonchev–Trinajstić information content (AvgIpc) is 2.17. The van der Waals surface area contributed by atoms with Crippen LogP contribution >= 0.6 is 12.4 Å². The molecule has 15 heavy (non-hydrogen) atoms. The molecule has 0 saturated heterocycles. The number of halogens is 1. The maximum Gasteiger partial charge on any atom is 0.324 e. The maximum atomic E-state index is 11.7. The van der Waals surface area contributed by atoms with E-state index in [1.807, 2.05) is 13.0 Å². The third kappa shape index (κ3) is 3.37. The van der Waals surface area contributed by atoms with E-state index in [1.165, 1.54) is 4.90 Å². The van der Waals surface area contributed by atoms with Gasteiger partial charge in [-0.2, -0.15) is 0 Å². The van der Waals surface area contributed by atoms with Crippen LogP contribution in [0.3, 0.4) is 0 Å². The Morgan fingerprint density at radius 2 is 1.93 bits per heavy atom. The molecule has 88 valence electrons. The lowest BCUT2D eigenvalue weighted by Crippen LogP contribution is -2.49. The number of aliphatic hydroxyl groups is 2. The highest BCUT2D eigenvalue weighted by molar-refractivity contribution is 5.85. The van der Waals surface area contributed by atoms with Gasteiger partial charge < -0.3 is 15.1 Å². The number of carbonyl (C=O) groups is 1. The van der Waals surface area contributed by atoms with Crippen LogP contribution < -0.4 is 0 Å². The van der Waals surface area contributed by atoms with Gasteiger partial charge in [0.25, 0.3) is 0 Å². The van der Waals surface area contributed by atoms with Gasteiger partial charge in [-0.3, -0.25) is 4.90 Å². The van der Waals surface area contributed by atoms with Gasteiger partial charge in [-0.05, 0) is 13.0 Å². The number of hydrogen-bond donors (Lipinski definition) is 2. The third-order valence-corrected chi connectivity index (χ3v) is 2.21. The Labute approximate surface area is 95.4 Å². The van der Waals surface area contributed by atoms with E-state index in [9.17, 15) is 4.79 Å². The fourth-order valence-corrected chi connectivity index (χ4v) is 1.42. The Kier molecular flexibility index (Phi) is 6.31. The molecule has 1 aliphatic heterocycles. The molecular weight excluding hydrogens is 220 g/mol. The van der Waals surface area contributed by atoms with Crippen LogP contribution in [0, 0.1) is 0 Å². The van der Waals surface area contributed by atoms with Gasteiger partial charge in [0, 0.05) is 12.7 Å². The summed E-state index contributed by atoms with van der Waals surface area (Å²) in [5.41, 5.74) is 0. The molecule has 0 aromatic rings. The van der Waals surface area contributed by atoms with E-state index in [0.717, 1.165) is 0 Å². The normalized spacial score (nSPS) is 20.5. The Morgan fingerprint density at radius 3 is 2.47 bits per heavy atom. The molecule has 6 heteroatoms. The molecular formula is C9H17ClN2O3. The zero-order valence-electron chi connectivity index (χ0n) is 8.67. The lowest BCUT2D eigenvalue weighted by atomic mass is 10.2. The minimum Gasteiger partial charge on any atom is -0.395 e. The fourth-order valence-electron chi connectivity index (χ4n) is 1.42. The topological polar surface area (TPSA) is 64.0 Å². The van der Waals surface area contributed by atoms with Crippen LogP contribution in [0.25, 0.3) is 0 Å². The lowest BCUT2D eigenvalue weighted by molar-refractivity contribution is 0.129. The first-order valence-electron chi connectivity index (χ1n) is 4.68. The fraction of sp³-hybridized carbons (Fsp3) is 0.667. The summed E-state index contributed by atoms with van der Waals surface area (Å²) in [5, 5.41) is 17.5. The molecule has 1 rings (SSSR count). The van der Waals surface area contributed by atoms with Gasteiger partial charge in [-0.25, -0.2) is 4.79 Å². The van der Waals surface area contributed by atoms with E-state index in [0.29, 0.717) is 13.1 Å². The number of nitrogens with zero attached hydrogens (tertiary/aromatic N) is 2. The maximum absolute atomic E-state index is 11.7. The smallest absolute Gasteiger partial charge is 0.324 e. The largest absolute Gasteiger partial charge is 0.395 e. The van der Waals surface area contributed by atoms with Crippen molar-refractivity contribution in [1.82, 2.24) is 9.80 Å². The molecule has 5 nitrogen and oxygen atoms in total. The van der Waals surface area contributed by atoms with Crippen LogP contribution in [0.2, 0.25) is 0 Å². The Hall–Kier alpha value is -0.780. The number of rotatable bonds is 4. The summed E-state index contributed by atoms with van der Waals surface area (Å²) in [6, 6.07) is -0.160. The van der Waals surface area contributed by atoms with Crippen molar-refractivity contribution in [1.29, 1.82) is 0 Å². The standard InChI is InChI=1S/C9H16N2O3.ClH/c1-8-2-3-10(4-6-12)9(14)11(8)5-7-13;/h2-3,8,12-13H,4-7H2,1H3;1H. The molecule has 0 spiro atoms. The van der Waals surface area contributed by atoms with Gasteiger partial charge in [-0.1, -0.05) is 0 Å². The number of urea groups is 1. The zero-order chi connectivity index (χ0) is 10.6. The molecule has 0 fully saturated rings. The zero-order valence-corrected chi connectivity index (χ0v) is 9.48. The molecule has 0 aliphatic carbocycles. The number of hydrogen-bond acceptors (Lipinski definition) is 3. The van der Waals surface area contributed by atoms with Gasteiger partial charge >= 0.3 is 6.03 Å². The first-order valence-corrected chi connectivity index (χ1v) is 4.68. The van der Waals surface area contributed by atoms with Crippen LogP contribution in [0.1, 0.15) is 6.92 Å². The summed E-state index contributed by atoms with van der Waals surface area (Å²) < 4.78 is 0. The van der Waals surface area contributed by atoms with Crippen molar-refractivity contribution in [3.63, 3.8) is 0 Å². The molecule has 1 unspecified atom stereocenters. The molecule has 0 aromatic carbocycles. The van der Waals surface area contributed by atoms with Gasteiger partial charge in [-0.15, -0.1) is 12.4 Å². The number of aliphatic hydroxyl groups excluding tert-OH is 2. The number of β-amino-alcohol motifs (C(OH)–C–C–N with tert-alkyl or cyclic N) is 2. The Morgan fingerprint density at radius 1 is 1.33 bits per heavy atom. The second-order valence-electron chi connectivity index (χ2n) is 3.20. The van der Waals surface area contributed by atoms with Crippen molar-refractivity contribution < 1.29 is 15.0 Å². The van der Waals surface area contributed by atoms with E-state index in [-0.39, 0.29) is 37.7 Å². The monoisotopic (exact) mass is 236 g/mol. The van der Waals surface area contributed by atoms with Crippen molar-refractivity contribution in [2.24, 2.45) is 0 Å². The second-order valence-corrected chi connectivity index (χ2v) is 3.20. The van der Waals surface area contributed by atoms with Crippen molar-refractivity contribution in [3.05, 3.63) is 12.3 Å². The lowest BCUT2D eigenvalue weighted by Gasteiger charge is -2.35. The van der Waals surface area contributed by atoms with E-state index in [1.54, 1.807) is 11.1 Å². The first kappa shape index (κ1) is 14.2. The summed E-state index contributed by atoms with van der Waals surface area (Å²) in [6.45, 7) is 2.41. The molecule has 0 radical (unpaired) electrons. The third-order valence-electron chi connectivity index (χ3n) is 2.21. The molecule has 0 saturated carbocycles. The van der Waals surface area contributed by atoms with E-state index >= 15 is 0 Å².